The van der Waals surface area contributed by atoms with Crippen molar-refractivity contribution in [3.05, 3.63) is 35.9 Å². The zero-order valence-corrected chi connectivity index (χ0v) is 25.2. The molecule has 11 nitrogen and oxygen atoms in total. The van der Waals surface area contributed by atoms with Crippen LogP contribution in [-0.4, -0.2) is 67.7 Å². The Bertz CT molecular complexity index is 1090. The van der Waals surface area contributed by atoms with E-state index in [0.717, 1.165) is 5.56 Å². The summed E-state index contributed by atoms with van der Waals surface area (Å²) in [5.41, 5.74) is 11.8. The molecule has 7 N–H and O–H groups in total. The van der Waals surface area contributed by atoms with Crippen LogP contribution in [0.25, 0.3) is 0 Å². The highest BCUT2D eigenvalue weighted by molar-refractivity contribution is 7.92. The Labute approximate surface area is 238 Å². The van der Waals surface area contributed by atoms with E-state index < -0.39 is 62.8 Å². The van der Waals surface area contributed by atoms with E-state index in [1.807, 2.05) is 32.0 Å². The molecular formula is C28H47N5O6S. The first-order valence-electron chi connectivity index (χ1n) is 13.7. The Hall–Kier alpha value is -2.99. The monoisotopic (exact) mass is 581 g/mol. The van der Waals surface area contributed by atoms with Crippen LogP contribution in [0, 0.1) is 11.8 Å². The molecule has 0 saturated carbocycles. The number of benzene rings is 1. The summed E-state index contributed by atoms with van der Waals surface area (Å²) < 4.78 is 25.0. The van der Waals surface area contributed by atoms with Crippen molar-refractivity contribution in [1.82, 2.24) is 16.0 Å². The Morgan fingerprint density at radius 2 is 1.55 bits per heavy atom. The molecule has 0 bridgehead atoms. The number of nitrogens with one attached hydrogen (secondary N) is 3. The van der Waals surface area contributed by atoms with E-state index in [-0.39, 0.29) is 24.5 Å². The van der Waals surface area contributed by atoms with E-state index >= 15 is 0 Å². The van der Waals surface area contributed by atoms with Crippen LogP contribution in [0.4, 0.5) is 0 Å². The Morgan fingerprint density at radius 3 is 2.08 bits per heavy atom. The van der Waals surface area contributed by atoms with E-state index in [1.54, 1.807) is 32.9 Å². The van der Waals surface area contributed by atoms with Crippen LogP contribution in [0.3, 0.4) is 0 Å². The van der Waals surface area contributed by atoms with Gasteiger partial charge in [0.25, 0.3) is 0 Å². The maximum atomic E-state index is 13.5. The lowest BCUT2D eigenvalue weighted by molar-refractivity contribution is -0.132. The molecule has 0 fully saturated rings. The van der Waals surface area contributed by atoms with Crippen molar-refractivity contribution in [2.24, 2.45) is 23.3 Å². The average molecular weight is 582 g/mol. The summed E-state index contributed by atoms with van der Waals surface area (Å²) in [5, 5.41) is 7.74. The zero-order chi connectivity index (χ0) is 30.5. The molecule has 0 saturated heterocycles. The minimum atomic E-state index is -3.66. The SMILES string of the molecule is CC(C)C[C@H](NC(=O)CNC(=O)[C@H](CCCCN)NC(=O)[C@H](Cc1ccccc1)CS(=O)(=O)C(C)(C)C)C(N)=O. The van der Waals surface area contributed by atoms with Gasteiger partial charge in [-0.05, 0) is 70.9 Å². The second-order valence-corrected chi connectivity index (χ2v) is 14.3. The molecule has 1 aromatic carbocycles. The predicted octanol–water partition coefficient (Wildman–Crippen LogP) is 0.805. The molecule has 0 spiro atoms. The van der Waals surface area contributed by atoms with E-state index in [0.29, 0.717) is 25.8 Å². The van der Waals surface area contributed by atoms with E-state index in [9.17, 15) is 27.6 Å². The second-order valence-electron chi connectivity index (χ2n) is 11.5. The normalized spacial score (nSPS) is 14.2. The van der Waals surface area contributed by atoms with Crippen LogP contribution in [0.15, 0.2) is 30.3 Å². The van der Waals surface area contributed by atoms with E-state index in [1.165, 1.54) is 0 Å². The van der Waals surface area contributed by atoms with Crippen molar-refractivity contribution < 1.29 is 27.6 Å². The number of primary amides is 1. The molecule has 1 rings (SSSR count). The number of carbonyl (C=O) groups is 4. The van der Waals surface area contributed by atoms with Crippen molar-refractivity contribution in [1.29, 1.82) is 0 Å². The van der Waals surface area contributed by atoms with Gasteiger partial charge < -0.3 is 27.4 Å². The standard InChI is InChI=1S/C28H47N5O6S/c1-19(2)15-23(25(30)35)32-24(34)17-31-27(37)22(13-9-10-14-29)33-26(36)21(16-20-11-7-6-8-12-20)18-40(38,39)28(3,4)5/h6-8,11-12,19,21-23H,9-10,13-18,29H2,1-5H3,(H2,30,35)(H,31,37)(H,32,34)(H,33,36)/t21-,22+,23+/m1/s1. The first-order chi connectivity index (χ1) is 18.6. The van der Waals surface area contributed by atoms with Crippen molar-refractivity contribution in [3.8, 4) is 0 Å². The van der Waals surface area contributed by atoms with Crippen molar-refractivity contribution >= 4 is 33.5 Å². The fraction of sp³-hybridized carbons (Fsp3) is 0.643. The minimum absolute atomic E-state index is 0.112. The summed E-state index contributed by atoms with van der Waals surface area (Å²) in [5.74, 6) is -3.65. The third-order valence-electron chi connectivity index (χ3n) is 6.44. The Balaban J connectivity index is 3.04. The van der Waals surface area contributed by atoms with Gasteiger partial charge in [-0.25, -0.2) is 8.42 Å². The van der Waals surface area contributed by atoms with Gasteiger partial charge in [0.15, 0.2) is 9.84 Å². The fourth-order valence-corrected chi connectivity index (χ4v) is 5.24. The number of hydrogen-bond donors (Lipinski definition) is 5. The van der Waals surface area contributed by atoms with Crippen molar-refractivity contribution in [2.75, 3.05) is 18.8 Å². The fourth-order valence-electron chi connectivity index (χ4n) is 3.95. The molecule has 0 unspecified atom stereocenters. The third kappa shape index (κ3) is 12.5. The summed E-state index contributed by atoms with van der Waals surface area (Å²) in [6.45, 7) is 8.49. The lowest BCUT2D eigenvalue weighted by atomic mass is 9.99. The molecule has 4 amide bonds. The largest absolute Gasteiger partial charge is 0.368 e. The van der Waals surface area contributed by atoms with Gasteiger partial charge in [0.1, 0.15) is 12.1 Å². The Kier molecular flexibility index (Phi) is 14.3. The number of rotatable bonds is 17. The molecule has 0 aliphatic carbocycles. The van der Waals surface area contributed by atoms with Gasteiger partial charge in [-0.3, -0.25) is 19.2 Å². The number of unbranched alkanes of at least 4 members (excludes halogenated alkanes) is 1. The molecule has 0 aliphatic heterocycles. The Morgan fingerprint density at radius 1 is 0.925 bits per heavy atom. The summed E-state index contributed by atoms with van der Waals surface area (Å²) in [6, 6.07) is 7.19. The topological polar surface area (TPSA) is 191 Å². The van der Waals surface area contributed by atoms with Gasteiger partial charge in [0, 0.05) is 0 Å². The minimum Gasteiger partial charge on any atom is -0.368 e. The quantitative estimate of drug-likeness (QED) is 0.168. The van der Waals surface area contributed by atoms with Gasteiger partial charge >= 0.3 is 0 Å². The van der Waals surface area contributed by atoms with Crippen LogP contribution in [0.5, 0.6) is 0 Å². The summed E-state index contributed by atoms with van der Waals surface area (Å²) in [6.07, 6.45) is 1.92. The third-order valence-corrected chi connectivity index (χ3v) is 9.15. The number of carbonyl (C=O) groups excluding carboxylic acids is 4. The highest BCUT2D eigenvalue weighted by Crippen LogP contribution is 2.21. The lowest BCUT2D eigenvalue weighted by Crippen LogP contribution is -2.53. The van der Waals surface area contributed by atoms with Gasteiger partial charge in [-0.2, -0.15) is 0 Å². The number of sulfone groups is 1. The number of hydrogen-bond acceptors (Lipinski definition) is 7. The smallest absolute Gasteiger partial charge is 0.243 e. The molecule has 40 heavy (non-hydrogen) atoms. The molecule has 0 aromatic heterocycles. The molecule has 226 valence electrons. The molecule has 3 atom stereocenters. The highest BCUT2D eigenvalue weighted by atomic mass is 32.2. The molecule has 0 heterocycles. The van der Waals surface area contributed by atoms with Crippen LogP contribution >= 0.6 is 0 Å². The van der Waals surface area contributed by atoms with E-state index in [2.05, 4.69) is 16.0 Å². The van der Waals surface area contributed by atoms with Crippen LogP contribution in [0.2, 0.25) is 0 Å². The zero-order valence-electron chi connectivity index (χ0n) is 24.4. The van der Waals surface area contributed by atoms with Crippen LogP contribution < -0.4 is 27.4 Å². The van der Waals surface area contributed by atoms with Crippen LogP contribution in [0.1, 0.15) is 65.9 Å². The summed E-state index contributed by atoms with van der Waals surface area (Å²) in [7, 11) is -3.66. The highest BCUT2D eigenvalue weighted by Gasteiger charge is 2.35. The maximum absolute atomic E-state index is 13.5. The van der Waals surface area contributed by atoms with Gasteiger partial charge in [-0.15, -0.1) is 0 Å². The lowest BCUT2D eigenvalue weighted by Gasteiger charge is -2.26. The number of nitrogens with two attached hydrogens (primary N) is 2. The second kappa shape index (κ2) is 16.3. The van der Waals surface area contributed by atoms with Crippen molar-refractivity contribution in [2.45, 2.75) is 83.6 Å². The maximum Gasteiger partial charge on any atom is 0.243 e. The molecule has 0 radical (unpaired) electrons. The van der Waals surface area contributed by atoms with Gasteiger partial charge in [0.2, 0.25) is 23.6 Å². The summed E-state index contributed by atoms with van der Waals surface area (Å²) >= 11 is 0. The molecule has 12 heteroatoms. The van der Waals surface area contributed by atoms with Gasteiger partial charge in [0.05, 0.1) is 23.0 Å². The summed E-state index contributed by atoms with van der Waals surface area (Å²) in [4.78, 5) is 50.6. The van der Waals surface area contributed by atoms with Gasteiger partial charge in [-0.1, -0.05) is 44.2 Å². The molecule has 0 aliphatic rings. The number of amides is 4. The van der Waals surface area contributed by atoms with Crippen molar-refractivity contribution in [3.63, 3.8) is 0 Å². The first kappa shape index (κ1) is 35.0. The molecule has 1 aromatic rings. The predicted molar refractivity (Wildman–Crippen MR) is 156 cm³/mol. The average Bonchev–Trinajstić information content (AvgIpc) is 2.85. The molecular weight excluding hydrogens is 534 g/mol. The van der Waals surface area contributed by atoms with Crippen LogP contribution in [-0.2, 0) is 35.4 Å². The first-order valence-corrected chi connectivity index (χ1v) is 15.4. The van der Waals surface area contributed by atoms with E-state index in [4.69, 9.17) is 11.5 Å².